The molecule has 1 aliphatic heterocycles. The molecule has 0 amide bonds. The third-order valence-corrected chi connectivity index (χ3v) is 4.11. The van der Waals surface area contributed by atoms with Crippen molar-refractivity contribution in [3.05, 3.63) is 0 Å². The third-order valence-electron chi connectivity index (χ3n) is 2.48. The quantitative estimate of drug-likeness (QED) is 0.333. The molecule has 0 aromatic rings. The van der Waals surface area contributed by atoms with Gasteiger partial charge in [-0.2, -0.15) is 0 Å². The molecule has 3 atom stereocenters. The summed E-state index contributed by atoms with van der Waals surface area (Å²) in [6, 6.07) is 0. The SMILES string of the molecule is CCCCCN1[CH]([AlH2])NC(Cl)NC1Cl. The maximum atomic E-state index is 6.16. The molecule has 0 aromatic heterocycles. The number of alkyl halides is 2. The molecular formula is C8H18AlCl2N3. The second-order valence-electron chi connectivity index (χ2n) is 3.65. The van der Waals surface area contributed by atoms with E-state index in [1.165, 1.54) is 19.3 Å². The molecule has 3 nitrogen and oxygen atoms in total. The van der Waals surface area contributed by atoms with Gasteiger partial charge in [0.25, 0.3) is 16.3 Å². The van der Waals surface area contributed by atoms with E-state index < -0.39 is 0 Å². The number of nitrogens with zero attached hydrogens (tertiary/aromatic N) is 1. The van der Waals surface area contributed by atoms with Crippen molar-refractivity contribution in [2.24, 2.45) is 0 Å². The van der Waals surface area contributed by atoms with Gasteiger partial charge in [0.1, 0.15) is 11.2 Å². The Balaban J connectivity index is 2.34. The number of rotatable bonds is 4. The highest BCUT2D eigenvalue weighted by molar-refractivity contribution is 6.24. The summed E-state index contributed by atoms with van der Waals surface area (Å²) in [7, 11) is 0. The Bertz CT molecular complexity index is 161. The van der Waals surface area contributed by atoms with Crippen LogP contribution in [0.5, 0.6) is 0 Å². The smallest absolute Gasteiger partial charge is 0.263 e. The maximum absolute atomic E-state index is 6.16. The second-order valence-corrected chi connectivity index (χ2v) is 5.60. The monoisotopic (exact) mass is 253 g/mol. The molecule has 1 saturated heterocycles. The van der Waals surface area contributed by atoms with Crippen LogP contribution in [0.4, 0.5) is 0 Å². The lowest BCUT2D eigenvalue weighted by Gasteiger charge is -2.41. The lowest BCUT2D eigenvalue weighted by atomic mass is 10.2. The topological polar surface area (TPSA) is 27.3 Å². The average Bonchev–Trinajstić information content (AvgIpc) is 2.09. The van der Waals surface area contributed by atoms with Crippen LogP contribution in [-0.2, 0) is 0 Å². The second kappa shape index (κ2) is 6.55. The van der Waals surface area contributed by atoms with E-state index in [0.29, 0.717) is 5.03 Å². The predicted molar refractivity (Wildman–Crippen MR) is 64.1 cm³/mol. The molecule has 0 radical (unpaired) electrons. The minimum Gasteiger partial charge on any atom is -0.288 e. The van der Waals surface area contributed by atoms with Crippen molar-refractivity contribution in [1.29, 1.82) is 0 Å². The van der Waals surface area contributed by atoms with E-state index in [1.54, 1.807) is 0 Å². The Hall–Kier alpha value is 0.992. The standard InChI is InChI=1S/C8H16Cl2N3.Al.2H/c1-2-3-4-5-13-6-11-7(9)12-8(13)10;;;/h6-8,11-12H,2-5H2,1H3;;;. The molecule has 6 heteroatoms. The molecule has 3 unspecified atom stereocenters. The zero-order valence-corrected chi connectivity index (χ0v) is 12.3. The normalized spacial score (nSPS) is 34.6. The minimum absolute atomic E-state index is 0.127. The molecule has 1 fully saturated rings. The van der Waals surface area contributed by atoms with Gasteiger partial charge in [0, 0.05) is 11.6 Å². The van der Waals surface area contributed by atoms with Gasteiger partial charge in [0.2, 0.25) is 0 Å². The number of nitrogens with one attached hydrogen (secondary N) is 2. The first-order chi connectivity index (χ1) is 6.65. The fraction of sp³-hybridized carbons (Fsp3) is 1.00. The van der Waals surface area contributed by atoms with Gasteiger partial charge < -0.3 is 0 Å². The van der Waals surface area contributed by atoms with E-state index in [0.717, 1.165) is 22.8 Å². The van der Waals surface area contributed by atoms with E-state index in [2.05, 4.69) is 22.5 Å². The zero-order valence-electron chi connectivity index (χ0n) is 8.76. The maximum Gasteiger partial charge on any atom is 0.263 e. The van der Waals surface area contributed by atoms with Crippen molar-refractivity contribution in [3.8, 4) is 0 Å². The van der Waals surface area contributed by atoms with Gasteiger partial charge >= 0.3 is 0 Å². The number of halogens is 2. The van der Waals surface area contributed by atoms with Crippen molar-refractivity contribution in [3.63, 3.8) is 0 Å². The number of hydrogen-bond acceptors (Lipinski definition) is 3. The summed E-state index contributed by atoms with van der Waals surface area (Å²) in [5.74, 6) is 0. The lowest BCUT2D eigenvalue weighted by molar-refractivity contribution is 0.125. The summed E-state index contributed by atoms with van der Waals surface area (Å²) in [4.78, 5) is 2.24. The third kappa shape index (κ3) is 3.86. The van der Waals surface area contributed by atoms with Gasteiger partial charge in [-0.05, 0) is 6.42 Å². The van der Waals surface area contributed by atoms with Gasteiger partial charge in [0.15, 0.2) is 0 Å². The fourth-order valence-electron chi connectivity index (χ4n) is 1.62. The van der Waals surface area contributed by atoms with Crippen LogP contribution in [0.3, 0.4) is 0 Å². The summed E-state index contributed by atoms with van der Waals surface area (Å²) < 4.78 is 0. The Labute approximate surface area is 104 Å². The van der Waals surface area contributed by atoms with Crippen LogP contribution in [0.1, 0.15) is 26.2 Å². The predicted octanol–water partition coefficient (Wildman–Crippen LogP) is 0.633. The Morgan fingerprint density at radius 1 is 1.29 bits per heavy atom. The molecule has 0 saturated carbocycles. The van der Waals surface area contributed by atoms with E-state index in [1.807, 2.05) is 0 Å². The van der Waals surface area contributed by atoms with Gasteiger partial charge in [0.05, 0.1) is 0 Å². The summed E-state index contributed by atoms with van der Waals surface area (Å²) in [6.45, 7) is 3.25. The first kappa shape index (κ1) is 13.1. The molecule has 0 aliphatic carbocycles. The molecule has 0 bridgehead atoms. The van der Waals surface area contributed by atoms with E-state index in [-0.39, 0.29) is 11.2 Å². The highest BCUT2D eigenvalue weighted by atomic mass is 35.5. The van der Waals surface area contributed by atoms with Crippen LogP contribution in [0.25, 0.3) is 0 Å². The molecule has 82 valence electrons. The number of unbranched alkanes of at least 4 members (excludes halogenated alkanes) is 2. The Morgan fingerprint density at radius 3 is 2.57 bits per heavy atom. The summed E-state index contributed by atoms with van der Waals surface area (Å²) in [6.07, 6.45) is 3.71. The summed E-state index contributed by atoms with van der Waals surface area (Å²) in [5.41, 5.74) is -0.319. The molecule has 2 N–H and O–H groups in total. The highest BCUT2D eigenvalue weighted by Gasteiger charge is 2.28. The molecule has 0 aromatic carbocycles. The molecule has 14 heavy (non-hydrogen) atoms. The summed E-state index contributed by atoms with van der Waals surface area (Å²) in [5, 5.41) is 6.67. The Kier molecular flexibility index (Phi) is 6.11. The molecule has 1 rings (SSSR count). The zero-order chi connectivity index (χ0) is 10.6. The number of hydrogen-bond donors (Lipinski definition) is 2. The largest absolute Gasteiger partial charge is 0.288 e. The van der Waals surface area contributed by atoms with Crippen LogP contribution in [0.2, 0.25) is 0 Å². The van der Waals surface area contributed by atoms with Gasteiger partial charge in [-0.3, -0.25) is 15.5 Å². The first-order valence-electron chi connectivity index (χ1n) is 5.21. The molecular weight excluding hydrogens is 236 g/mol. The van der Waals surface area contributed by atoms with Gasteiger partial charge in [-0.15, -0.1) is 0 Å². The Morgan fingerprint density at radius 2 is 2.00 bits per heavy atom. The van der Waals surface area contributed by atoms with E-state index in [9.17, 15) is 0 Å². The summed E-state index contributed by atoms with van der Waals surface area (Å²) >= 11 is 13.1. The van der Waals surface area contributed by atoms with Crippen LogP contribution < -0.4 is 10.6 Å². The van der Waals surface area contributed by atoms with Crippen LogP contribution in [-0.4, -0.2) is 44.0 Å². The molecule has 1 heterocycles. The van der Waals surface area contributed by atoms with Crippen LogP contribution in [0, 0.1) is 0 Å². The molecule has 0 spiro atoms. The van der Waals surface area contributed by atoms with Crippen molar-refractivity contribution < 1.29 is 0 Å². The minimum atomic E-state index is -0.192. The van der Waals surface area contributed by atoms with Crippen molar-refractivity contribution >= 4 is 39.5 Å². The first-order valence-corrected chi connectivity index (χ1v) is 7.24. The van der Waals surface area contributed by atoms with Gasteiger partial charge in [-0.1, -0.05) is 43.0 Å². The molecule has 1 aliphatic rings. The van der Waals surface area contributed by atoms with Crippen molar-refractivity contribution in [2.75, 3.05) is 6.54 Å². The van der Waals surface area contributed by atoms with Crippen molar-refractivity contribution in [1.82, 2.24) is 15.5 Å². The fourth-order valence-corrected chi connectivity index (χ4v) is 3.67. The van der Waals surface area contributed by atoms with Crippen molar-refractivity contribution in [2.45, 2.75) is 42.5 Å². The van der Waals surface area contributed by atoms with Crippen LogP contribution >= 0.6 is 23.2 Å². The lowest BCUT2D eigenvalue weighted by Crippen LogP contribution is -2.65. The van der Waals surface area contributed by atoms with Crippen LogP contribution in [0.15, 0.2) is 0 Å². The average molecular weight is 254 g/mol. The van der Waals surface area contributed by atoms with E-state index in [4.69, 9.17) is 23.2 Å². The van der Waals surface area contributed by atoms with Gasteiger partial charge in [-0.25, -0.2) is 0 Å². The van der Waals surface area contributed by atoms with E-state index >= 15 is 0 Å². The highest BCUT2D eigenvalue weighted by Crippen LogP contribution is 2.13.